The third-order valence-electron chi connectivity index (χ3n) is 2.81. The Kier molecular flexibility index (Phi) is 4.18. The first-order chi connectivity index (χ1) is 9.97. The Balaban J connectivity index is 2.04. The predicted octanol–water partition coefficient (Wildman–Crippen LogP) is 2.20. The Morgan fingerprint density at radius 2 is 1.81 bits per heavy atom. The van der Waals surface area contributed by atoms with Gasteiger partial charge in [-0.3, -0.25) is 4.79 Å². The van der Waals surface area contributed by atoms with Gasteiger partial charge in [0, 0.05) is 5.56 Å². The minimum absolute atomic E-state index is 0.0761. The van der Waals surface area contributed by atoms with E-state index in [1.807, 2.05) is 0 Å². The molecule has 2 rings (SSSR count). The van der Waals surface area contributed by atoms with Crippen LogP contribution in [0.2, 0.25) is 0 Å². The molecule has 0 bridgehead atoms. The van der Waals surface area contributed by atoms with Crippen LogP contribution in [0.5, 0.6) is 5.75 Å². The summed E-state index contributed by atoms with van der Waals surface area (Å²) in [5.41, 5.74) is 5.59. The van der Waals surface area contributed by atoms with Crippen molar-refractivity contribution in [2.24, 2.45) is 5.73 Å². The van der Waals surface area contributed by atoms with Gasteiger partial charge < -0.3 is 15.6 Å². The van der Waals surface area contributed by atoms with Gasteiger partial charge in [-0.25, -0.2) is 9.18 Å². The largest absolute Gasteiger partial charge is 0.489 e. The number of amides is 1. The molecule has 3 N–H and O–H groups in total. The number of carboxylic acid groups (broad SMARTS) is 1. The molecule has 0 aromatic heterocycles. The van der Waals surface area contributed by atoms with Crippen molar-refractivity contribution in [3.63, 3.8) is 0 Å². The summed E-state index contributed by atoms with van der Waals surface area (Å²) in [6, 6.07) is 9.96. The lowest BCUT2D eigenvalue weighted by atomic mass is 10.1. The van der Waals surface area contributed by atoms with Crippen molar-refractivity contribution in [2.45, 2.75) is 6.61 Å². The molecule has 0 radical (unpaired) electrons. The molecule has 0 fully saturated rings. The molecule has 0 spiro atoms. The average Bonchev–Trinajstić information content (AvgIpc) is 2.45. The predicted molar refractivity (Wildman–Crippen MR) is 72.7 cm³/mol. The minimum Gasteiger partial charge on any atom is -0.489 e. The lowest BCUT2D eigenvalue weighted by Gasteiger charge is -2.07. The van der Waals surface area contributed by atoms with Gasteiger partial charge in [-0.15, -0.1) is 0 Å². The molecule has 0 aliphatic rings. The van der Waals surface area contributed by atoms with E-state index in [4.69, 9.17) is 15.6 Å². The molecular formula is C15H12FNO4. The summed E-state index contributed by atoms with van der Waals surface area (Å²) in [6.45, 7) is 0.0761. The number of primary amides is 1. The Morgan fingerprint density at radius 1 is 1.14 bits per heavy atom. The second-order valence-corrected chi connectivity index (χ2v) is 4.30. The maximum Gasteiger partial charge on any atom is 0.338 e. The second-order valence-electron chi connectivity index (χ2n) is 4.30. The van der Waals surface area contributed by atoms with Crippen LogP contribution in [-0.2, 0) is 6.61 Å². The monoisotopic (exact) mass is 289 g/mol. The number of carbonyl (C=O) groups is 2. The maximum atomic E-state index is 13.5. The zero-order chi connectivity index (χ0) is 15.4. The van der Waals surface area contributed by atoms with E-state index in [1.54, 1.807) is 12.1 Å². The molecule has 0 saturated heterocycles. The summed E-state index contributed by atoms with van der Waals surface area (Å²) >= 11 is 0. The third kappa shape index (κ3) is 3.56. The van der Waals surface area contributed by atoms with E-state index in [0.717, 1.165) is 6.07 Å². The molecule has 5 nitrogen and oxygen atoms in total. The SMILES string of the molecule is NC(=O)c1ccc(OCc2ccc(C(=O)O)c(F)c2)cc1. The zero-order valence-corrected chi connectivity index (χ0v) is 10.9. The highest BCUT2D eigenvalue weighted by Crippen LogP contribution is 2.16. The lowest BCUT2D eigenvalue weighted by Crippen LogP contribution is -2.10. The van der Waals surface area contributed by atoms with Crippen molar-refractivity contribution in [1.82, 2.24) is 0 Å². The highest BCUT2D eigenvalue weighted by molar-refractivity contribution is 5.92. The van der Waals surface area contributed by atoms with Gasteiger partial charge in [0.1, 0.15) is 18.2 Å². The molecule has 21 heavy (non-hydrogen) atoms. The van der Waals surface area contributed by atoms with Gasteiger partial charge in [-0.05, 0) is 42.0 Å². The number of carboxylic acids is 1. The van der Waals surface area contributed by atoms with E-state index in [1.165, 1.54) is 24.3 Å². The summed E-state index contributed by atoms with van der Waals surface area (Å²) in [5.74, 6) is -2.18. The van der Waals surface area contributed by atoms with Gasteiger partial charge in [0.2, 0.25) is 5.91 Å². The molecule has 0 saturated carbocycles. The number of halogens is 1. The van der Waals surface area contributed by atoms with Crippen LogP contribution in [0, 0.1) is 5.82 Å². The molecule has 6 heteroatoms. The van der Waals surface area contributed by atoms with Crippen molar-refractivity contribution < 1.29 is 23.8 Å². The van der Waals surface area contributed by atoms with Crippen molar-refractivity contribution in [3.05, 3.63) is 65.0 Å². The molecule has 0 aliphatic carbocycles. The number of ether oxygens (including phenoxy) is 1. The van der Waals surface area contributed by atoms with E-state index in [9.17, 15) is 14.0 Å². The van der Waals surface area contributed by atoms with E-state index in [0.29, 0.717) is 16.9 Å². The van der Waals surface area contributed by atoms with Crippen LogP contribution in [0.15, 0.2) is 42.5 Å². The van der Waals surface area contributed by atoms with Crippen molar-refractivity contribution in [1.29, 1.82) is 0 Å². The lowest BCUT2D eigenvalue weighted by molar-refractivity contribution is 0.0691. The molecule has 2 aromatic carbocycles. The summed E-state index contributed by atoms with van der Waals surface area (Å²) in [7, 11) is 0. The minimum atomic E-state index is -1.32. The van der Waals surface area contributed by atoms with Gasteiger partial charge >= 0.3 is 5.97 Å². The summed E-state index contributed by atoms with van der Waals surface area (Å²) in [6.07, 6.45) is 0. The van der Waals surface area contributed by atoms with E-state index >= 15 is 0 Å². The topological polar surface area (TPSA) is 89.6 Å². The fourth-order valence-corrected chi connectivity index (χ4v) is 1.70. The van der Waals surface area contributed by atoms with Crippen molar-refractivity contribution in [3.8, 4) is 5.75 Å². The quantitative estimate of drug-likeness (QED) is 0.883. The van der Waals surface area contributed by atoms with Crippen LogP contribution in [0.25, 0.3) is 0 Å². The molecule has 0 aliphatic heterocycles. The Morgan fingerprint density at radius 3 is 2.33 bits per heavy atom. The molecule has 108 valence electrons. The highest BCUT2D eigenvalue weighted by Gasteiger charge is 2.10. The van der Waals surface area contributed by atoms with Crippen LogP contribution in [0.1, 0.15) is 26.3 Å². The average molecular weight is 289 g/mol. The maximum absolute atomic E-state index is 13.5. The molecule has 0 atom stereocenters. The van der Waals surface area contributed by atoms with Crippen LogP contribution >= 0.6 is 0 Å². The smallest absolute Gasteiger partial charge is 0.338 e. The van der Waals surface area contributed by atoms with Gasteiger partial charge in [0.25, 0.3) is 0 Å². The first kappa shape index (κ1) is 14.5. The summed E-state index contributed by atoms with van der Waals surface area (Å²) < 4.78 is 18.9. The van der Waals surface area contributed by atoms with Crippen LogP contribution in [0.3, 0.4) is 0 Å². The van der Waals surface area contributed by atoms with Crippen LogP contribution in [0.4, 0.5) is 4.39 Å². The first-order valence-electron chi connectivity index (χ1n) is 6.02. The van der Waals surface area contributed by atoms with E-state index < -0.39 is 17.7 Å². The van der Waals surface area contributed by atoms with Crippen LogP contribution < -0.4 is 10.5 Å². The number of aromatic carboxylic acids is 1. The van der Waals surface area contributed by atoms with Crippen molar-refractivity contribution in [2.75, 3.05) is 0 Å². The number of carbonyl (C=O) groups excluding carboxylic acids is 1. The fraction of sp³-hybridized carbons (Fsp3) is 0.0667. The Hall–Kier alpha value is -2.89. The zero-order valence-electron chi connectivity index (χ0n) is 10.9. The van der Waals surface area contributed by atoms with Gasteiger partial charge in [-0.1, -0.05) is 6.07 Å². The van der Waals surface area contributed by atoms with Crippen LogP contribution in [-0.4, -0.2) is 17.0 Å². The third-order valence-corrected chi connectivity index (χ3v) is 2.81. The number of hydrogen-bond donors (Lipinski definition) is 2. The van der Waals surface area contributed by atoms with E-state index in [2.05, 4.69) is 0 Å². The van der Waals surface area contributed by atoms with Crippen molar-refractivity contribution >= 4 is 11.9 Å². The van der Waals surface area contributed by atoms with E-state index in [-0.39, 0.29) is 12.2 Å². The molecular weight excluding hydrogens is 277 g/mol. The molecule has 0 unspecified atom stereocenters. The van der Waals surface area contributed by atoms with Gasteiger partial charge in [0.05, 0.1) is 5.56 Å². The highest BCUT2D eigenvalue weighted by atomic mass is 19.1. The molecule has 0 heterocycles. The molecule has 2 aromatic rings. The summed E-state index contributed by atoms with van der Waals surface area (Å²) in [5, 5.41) is 8.73. The second kappa shape index (κ2) is 6.04. The van der Waals surface area contributed by atoms with Gasteiger partial charge in [0.15, 0.2) is 0 Å². The number of nitrogens with two attached hydrogens (primary N) is 1. The first-order valence-corrected chi connectivity index (χ1v) is 6.02. The number of benzene rings is 2. The Bertz CT molecular complexity index is 683. The number of rotatable bonds is 5. The standard InChI is InChI=1S/C15H12FNO4/c16-13-7-9(1-6-12(13)15(19)20)8-21-11-4-2-10(3-5-11)14(17)18/h1-7H,8H2,(H2,17,18)(H,19,20). The van der Waals surface area contributed by atoms with Gasteiger partial charge in [-0.2, -0.15) is 0 Å². The fourth-order valence-electron chi connectivity index (χ4n) is 1.70. The molecule has 1 amide bonds. The number of hydrogen-bond acceptors (Lipinski definition) is 3. The Labute approximate surface area is 119 Å². The summed E-state index contributed by atoms with van der Waals surface area (Å²) in [4.78, 5) is 21.6. The normalized spacial score (nSPS) is 10.1.